The van der Waals surface area contributed by atoms with E-state index in [2.05, 4.69) is 5.32 Å². The lowest BCUT2D eigenvalue weighted by molar-refractivity contribution is 0.476. The van der Waals surface area contributed by atoms with Crippen LogP contribution in [0.1, 0.15) is 11.1 Å². The zero-order chi connectivity index (χ0) is 15.2. The number of benzene rings is 2. The first-order valence-corrected chi connectivity index (χ1v) is 6.91. The van der Waals surface area contributed by atoms with Gasteiger partial charge in [0.1, 0.15) is 17.5 Å². The third-order valence-corrected chi connectivity index (χ3v) is 3.41. The molecule has 1 atom stereocenters. The van der Waals surface area contributed by atoms with Crippen LogP contribution in [0.5, 0.6) is 0 Å². The minimum atomic E-state index is -0.584. The van der Waals surface area contributed by atoms with Gasteiger partial charge in [0.2, 0.25) is 0 Å². The molecule has 2 rings (SSSR count). The standard InChI is InChI=1S/C17H18F3N/c1-21-11-13(7-14-4-2-3-5-17(14)20)6-12-8-15(18)10-16(19)9-12/h2-5,8-10,13,21H,6-7,11H2,1H3. The van der Waals surface area contributed by atoms with Crippen LogP contribution >= 0.6 is 0 Å². The summed E-state index contributed by atoms with van der Waals surface area (Å²) in [4.78, 5) is 0. The van der Waals surface area contributed by atoms with Gasteiger partial charge in [0.25, 0.3) is 0 Å². The maximum absolute atomic E-state index is 13.7. The monoisotopic (exact) mass is 293 g/mol. The summed E-state index contributed by atoms with van der Waals surface area (Å²) in [6.45, 7) is 0.645. The second kappa shape index (κ2) is 7.27. The fourth-order valence-corrected chi connectivity index (χ4v) is 2.54. The van der Waals surface area contributed by atoms with Crippen molar-refractivity contribution in [2.45, 2.75) is 12.8 Å². The van der Waals surface area contributed by atoms with Crippen molar-refractivity contribution in [1.82, 2.24) is 5.32 Å². The van der Waals surface area contributed by atoms with Crippen molar-refractivity contribution in [3.63, 3.8) is 0 Å². The Kier molecular flexibility index (Phi) is 5.39. The van der Waals surface area contributed by atoms with Crippen LogP contribution in [0.25, 0.3) is 0 Å². The summed E-state index contributed by atoms with van der Waals surface area (Å²) >= 11 is 0. The number of halogens is 3. The molecule has 112 valence electrons. The van der Waals surface area contributed by atoms with E-state index in [0.29, 0.717) is 30.5 Å². The quantitative estimate of drug-likeness (QED) is 0.856. The molecule has 0 aliphatic rings. The topological polar surface area (TPSA) is 12.0 Å². The predicted octanol–water partition coefficient (Wildman–Crippen LogP) is 3.72. The van der Waals surface area contributed by atoms with E-state index in [0.717, 1.165) is 6.07 Å². The molecule has 0 saturated carbocycles. The minimum Gasteiger partial charge on any atom is -0.319 e. The van der Waals surface area contributed by atoms with E-state index in [1.807, 2.05) is 0 Å². The average Bonchev–Trinajstić information content (AvgIpc) is 2.40. The number of hydrogen-bond acceptors (Lipinski definition) is 1. The highest BCUT2D eigenvalue weighted by Gasteiger charge is 2.13. The van der Waals surface area contributed by atoms with Crippen LogP contribution in [0.3, 0.4) is 0 Å². The number of hydrogen-bond donors (Lipinski definition) is 1. The molecule has 1 N–H and O–H groups in total. The van der Waals surface area contributed by atoms with Crippen LogP contribution in [0.4, 0.5) is 13.2 Å². The first kappa shape index (κ1) is 15.6. The van der Waals surface area contributed by atoms with E-state index in [1.165, 1.54) is 18.2 Å². The second-order valence-corrected chi connectivity index (χ2v) is 5.20. The van der Waals surface area contributed by atoms with Gasteiger partial charge in [-0.1, -0.05) is 18.2 Å². The predicted molar refractivity (Wildman–Crippen MR) is 77.6 cm³/mol. The molecule has 1 unspecified atom stereocenters. The molecule has 1 nitrogen and oxygen atoms in total. The van der Waals surface area contributed by atoms with Gasteiger partial charge in [-0.2, -0.15) is 0 Å². The van der Waals surface area contributed by atoms with Gasteiger partial charge < -0.3 is 5.32 Å². The van der Waals surface area contributed by atoms with Crippen LogP contribution in [0.15, 0.2) is 42.5 Å². The zero-order valence-electron chi connectivity index (χ0n) is 11.9. The Bertz CT molecular complexity index is 578. The fraction of sp³-hybridized carbons (Fsp3) is 0.294. The minimum absolute atomic E-state index is 0.0631. The Morgan fingerprint density at radius 1 is 0.952 bits per heavy atom. The van der Waals surface area contributed by atoms with Crippen LogP contribution in [0.2, 0.25) is 0 Å². The third-order valence-electron chi connectivity index (χ3n) is 3.41. The maximum Gasteiger partial charge on any atom is 0.126 e. The summed E-state index contributed by atoms with van der Waals surface area (Å²) in [5, 5.41) is 3.05. The van der Waals surface area contributed by atoms with Crippen molar-refractivity contribution in [2.24, 2.45) is 5.92 Å². The zero-order valence-corrected chi connectivity index (χ0v) is 11.9. The van der Waals surface area contributed by atoms with Gasteiger partial charge in [-0.3, -0.25) is 0 Å². The van der Waals surface area contributed by atoms with Crippen molar-refractivity contribution in [3.05, 3.63) is 71.0 Å². The summed E-state index contributed by atoms with van der Waals surface area (Å²) < 4.78 is 40.2. The SMILES string of the molecule is CNCC(Cc1cc(F)cc(F)c1)Cc1ccccc1F. The van der Waals surface area contributed by atoms with Gasteiger partial charge in [-0.15, -0.1) is 0 Å². The van der Waals surface area contributed by atoms with Crippen molar-refractivity contribution in [3.8, 4) is 0 Å². The molecule has 0 spiro atoms. The molecule has 0 heterocycles. The summed E-state index contributed by atoms with van der Waals surface area (Å²) in [5.74, 6) is -1.35. The molecular formula is C17H18F3N. The highest BCUT2D eigenvalue weighted by atomic mass is 19.1. The molecule has 4 heteroatoms. The van der Waals surface area contributed by atoms with E-state index in [-0.39, 0.29) is 11.7 Å². The van der Waals surface area contributed by atoms with E-state index in [4.69, 9.17) is 0 Å². The molecule has 0 amide bonds. The molecule has 0 fully saturated rings. The lowest BCUT2D eigenvalue weighted by Crippen LogP contribution is -2.23. The van der Waals surface area contributed by atoms with E-state index < -0.39 is 11.6 Å². The Morgan fingerprint density at radius 2 is 1.62 bits per heavy atom. The first-order valence-electron chi connectivity index (χ1n) is 6.91. The summed E-state index contributed by atoms with van der Waals surface area (Å²) in [6, 6.07) is 10.1. The second-order valence-electron chi connectivity index (χ2n) is 5.20. The maximum atomic E-state index is 13.7. The summed E-state index contributed by atoms with van der Waals surface area (Å²) in [5.41, 5.74) is 1.21. The third kappa shape index (κ3) is 4.60. The smallest absolute Gasteiger partial charge is 0.126 e. The van der Waals surface area contributed by atoms with Crippen LogP contribution in [0, 0.1) is 23.4 Å². The highest BCUT2D eigenvalue weighted by molar-refractivity contribution is 5.21. The molecule has 2 aromatic carbocycles. The van der Waals surface area contributed by atoms with Crippen molar-refractivity contribution in [1.29, 1.82) is 0 Å². The van der Waals surface area contributed by atoms with Crippen LogP contribution in [-0.2, 0) is 12.8 Å². The largest absolute Gasteiger partial charge is 0.319 e. The molecule has 0 aromatic heterocycles. The van der Waals surface area contributed by atoms with E-state index >= 15 is 0 Å². The highest BCUT2D eigenvalue weighted by Crippen LogP contribution is 2.18. The van der Waals surface area contributed by atoms with Gasteiger partial charge in [0.15, 0.2) is 0 Å². The van der Waals surface area contributed by atoms with Crippen LogP contribution < -0.4 is 5.32 Å². The van der Waals surface area contributed by atoms with Gasteiger partial charge in [-0.05, 0) is 61.7 Å². The fourth-order valence-electron chi connectivity index (χ4n) is 2.54. The van der Waals surface area contributed by atoms with Crippen molar-refractivity contribution < 1.29 is 13.2 Å². The molecule has 0 bridgehead atoms. The van der Waals surface area contributed by atoms with E-state index in [1.54, 1.807) is 25.2 Å². The lowest BCUT2D eigenvalue weighted by atomic mass is 9.92. The Hall–Kier alpha value is -1.81. The molecule has 0 radical (unpaired) electrons. The average molecular weight is 293 g/mol. The lowest BCUT2D eigenvalue weighted by Gasteiger charge is -2.17. The molecule has 21 heavy (non-hydrogen) atoms. The molecule has 0 aliphatic carbocycles. The Balaban J connectivity index is 2.13. The van der Waals surface area contributed by atoms with Gasteiger partial charge in [0, 0.05) is 6.07 Å². The van der Waals surface area contributed by atoms with Crippen molar-refractivity contribution >= 4 is 0 Å². The molecule has 2 aromatic rings. The first-order chi connectivity index (χ1) is 10.1. The Labute approximate surface area is 122 Å². The van der Waals surface area contributed by atoms with Gasteiger partial charge in [-0.25, -0.2) is 13.2 Å². The summed E-state index contributed by atoms with van der Waals surface area (Å²) in [7, 11) is 1.81. The van der Waals surface area contributed by atoms with Gasteiger partial charge in [0.05, 0.1) is 0 Å². The number of rotatable bonds is 6. The van der Waals surface area contributed by atoms with Gasteiger partial charge >= 0.3 is 0 Å². The normalized spacial score (nSPS) is 12.4. The van der Waals surface area contributed by atoms with E-state index in [9.17, 15) is 13.2 Å². The summed E-state index contributed by atoms with van der Waals surface area (Å²) in [6.07, 6.45) is 1.01. The molecule has 0 saturated heterocycles. The number of nitrogens with one attached hydrogen (secondary N) is 1. The van der Waals surface area contributed by atoms with Crippen LogP contribution in [-0.4, -0.2) is 13.6 Å². The molecule has 0 aliphatic heterocycles. The van der Waals surface area contributed by atoms with Crippen molar-refractivity contribution in [2.75, 3.05) is 13.6 Å². The Morgan fingerprint density at radius 3 is 2.24 bits per heavy atom. The molecular weight excluding hydrogens is 275 g/mol.